The molecule has 2 saturated heterocycles. The van der Waals surface area contributed by atoms with Gasteiger partial charge in [0, 0.05) is 5.92 Å². The van der Waals surface area contributed by atoms with Crippen LogP contribution in [0.15, 0.2) is 0 Å². The molecule has 0 aromatic heterocycles. The lowest BCUT2D eigenvalue weighted by Crippen LogP contribution is -2.46. The summed E-state index contributed by atoms with van der Waals surface area (Å²) in [4.78, 5) is 0. The molecule has 0 saturated carbocycles. The molecule has 2 aliphatic heterocycles. The fourth-order valence-electron chi connectivity index (χ4n) is 1.91. The van der Waals surface area contributed by atoms with E-state index in [2.05, 4.69) is 6.92 Å². The van der Waals surface area contributed by atoms with Crippen molar-refractivity contribution >= 4 is 0 Å². The largest absolute Gasteiger partial charge is 0.376 e. The van der Waals surface area contributed by atoms with Gasteiger partial charge in [-0.1, -0.05) is 0 Å². The molecule has 0 bridgehead atoms. The van der Waals surface area contributed by atoms with Gasteiger partial charge in [-0.25, -0.2) is 0 Å². The van der Waals surface area contributed by atoms with Crippen LogP contribution in [0.2, 0.25) is 0 Å². The molecular weight excluding hydrogens is 156 g/mol. The van der Waals surface area contributed by atoms with Gasteiger partial charge in [0.05, 0.1) is 25.4 Å². The molecule has 0 spiro atoms. The summed E-state index contributed by atoms with van der Waals surface area (Å²) in [6.07, 6.45) is 1.65. The lowest BCUT2D eigenvalue weighted by molar-refractivity contribution is -0.260. The first-order chi connectivity index (χ1) is 5.75. The number of rotatable bonds is 0. The van der Waals surface area contributed by atoms with E-state index >= 15 is 0 Å². The molecule has 0 aromatic carbocycles. The van der Waals surface area contributed by atoms with Crippen LogP contribution < -0.4 is 0 Å². The molecule has 2 aliphatic rings. The Balaban J connectivity index is 1.94. The van der Waals surface area contributed by atoms with Crippen LogP contribution in [0, 0.1) is 5.92 Å². The lowest BCUT2D eigenvalue weighted by atomic mass is 9.93. The van der Waals surface area contributed by atoms with Gasteiger partial charge in [0.25, 0.3) is 0 Å². The van der Waals surface area contributed by atoms with Crippen LogP contribution in [0.1, 0.15) is 20.3 Å². The molecule has 2 heterocycles. The van der Waals surface area contributed by atoms with Crippen LogP contribution in [-0.2, 0) is 14.2 Å². The summed E-state index contributed by atoms with van der Waals surface area (Å²) in [7, 11) is 0. The van der Waals surface area contributed by atoms with E-state index in [1.54, 1.807) is 0 Å². The zero-order chi connectivity index (χ0) is 8.55. The van der Waals surface area contributed by atoms with Crippen molar-refractivity contribution in [2.45, 2.75) is 38.8 Å². The summed E-state index contributed by atoms with van der Waals surface area (Å²) in [5.74, 6) is 0.546. The van der Waals surface area contributed by atoms with E-state index in [1.807, 2.05) is 6.92 Å². The van der Waals surface area contributed by atoms with Gasteiger partial charge < -0.3 is 14.2 Å². The van der Waals surface area contributed by atoms with Gasteiger partial charge in [-0.05, 0) is 20.3 Å². The number of ether oxygens (including phenoxy) is 3. The summed E-state index contributed by atoms with van der Waals surface area (Å²) in [6.45, 7) is 5.61. The molecule has 0 N–H and O–H groups in total. The second-order valence-corrected chi connectivity index (χ2v) is 3.72. The first-order valence-corrected chi connectivity index (χ1v) is 4.64. The lowest BCUT2D eigenvalue weighted by Gasteiger charge is -2.40. The van der Waals surface area contributed by atoms with Gasteiger partial charge in [0.1, 0.15) is 0 Å². The number of fused-ring (bicyclic) bond motifs is 1. The van der Waals surface area contributed by atoms with Crippen LogP contribution in [0.25, 0.3) is 0 Å². The van der Waals surface area contributed by atoms with Crippen molar-refractivity contribution in [3.05, 3.63) is 0 Å². The minimum absolute atomic E-state index is 0.0525. The van der Waals surface area contributed by atoms with Crippen molar-refractivity contribution in [3.63, 3.8) is 0 Å². The highest BCUT2D eigenvalue weighted by molar-refractivity contribution is 4.79. The summed E-state index contributed by atoms with van der Waals surface area (Å²) in [5.41, 5.74) is 0. The van der Waals surface area contributed by atoms with Gasteiger partial charge >= 0.3 is 0 Å². The van der Waals surface area contributed by atoms with Gasteiger partial charge in [-0.3, -0.25) is 0 Å². The first-order valence-electron chi connectivity index (χ1n) is 4.64. The quantitative estimate of drug-likeness (QED) is 0.549. The standard InChI is InChI=1S/C9H16O3/c1-6-3-8-4-11-7(2)12-9(8)5-10-6/h6-9H,3-5H2,1-2H3. The maximum absolute atomic E-state index is 5.59. The molecule has 2 fully saturated rings. The van der Waals surface area contributed by atoms with Crippen LogP contribution in [0.5, 0.6) is 0 Å². The van der Waals surface area contributed by atoms with E-state index < -0.39 is 0 Å². The third-order valence-corrected chi connectivity index (χ3v) is 2.62. The molecule has 12 heavy (non-hydrogen) atoms. The van der Waals surface area contributed by atoms with Crippen molar-refractivity contribution in [2.24, 2.45) is 5.92 Å². The Hall–Kier alpha value is -0.120. The van der Waals surface area contributed by atoms with Crippen molar-refractivity contribution < 1.29 is 14.2 Å². The molecule has 0 aromatic rings. The predicted molar refractivity (Wildman–Crippen MR) is 43.8 cm³/mol. The molecule has 4 unspecified atom stereocenters. The molecular formula is C9H16O3. The minimum Gasteiger partial charge on any atom is -0.376 e. The zero-order valence-corrected chi connectivity index (χ0v) is 7.66. The van der Waals surface area contributed by atoms with E-state index in [-0.39, 0.29) is 12.4 Å². The molecule has 0 aliphatic carbocycles. The van der Waals surface area contributed by atoms with Gasteiger partial charge in [-0.15, -0.1) is 0 Å². The van der Waals surface area contributed by atoms with Gasteiger partial charge in [0.2, 0.25) is 0 Å². The average Bonchev–Trinajstić information content (AvgIpc) is 2.05. The Morgan fingerprint density at radius 1 is 1.08 bits per heavy atom. The number of hydrogen-bond acceptors (Lipinski definition) is 3. The smallest absolute Gasteiger partial charge is 0.155 e. The highest BCUT2D eigenvalue weighted by Gasteiger charge is 2.34. The first kappa shape index (κ1) is 8.48. The Bertz CT molecular complexity index is 142. The third kappa shape index (κ3) is 1.63. The Morgan fingerprint density at radius 3 is 2.75 bits per heavy atom. The topological polar surface area (TPSA) is 27.7 Å². The highest BCUT2D eigenvalue weighted by Crippen LogP contribution is 2.27. The SMILES string of the molecule is CC1CC2COC(C)OC2CO1. The summed E-state index contributed by atoms with van der Waals surface area (Å²) in [5, 5.41) is 0. The van der Waals surface area contributed by atoms with E-state index in [1.165, 1.54) is 0 Å². The second kappa shape index (κ2) is 3.32. The monoisotopic (exact) mass is 172 g/mol. The molecule has 0 amide bonds. The van der Waals surface area contributed by atoms with Crippen LogP contribution in [0.3, 0.4) is 0 Å². The third-order valence-electron chi connectivity index (χ3n) is 2.62. The summed E-state index contributed by atoms with van der Waals surface area (Å²) in [6, 6.07) is 0. The predicted octanol–water partition coefficient (Wildman–Crippen LogP) is 1.17. The Morgan fingerprint density at radius 2 is 1.92 bits per heavy atom. The molecule has 3 nitrogen and oxygen atoms in total. The summed E-state index contributed by atoms with van der Waals surface area (Å²) < 4.78 is 16.5. The molecule has 4 atom stereocenters. The Labute approximate surface area is 73.0 Å². The average molecular weight is 172 g/mol. The minimum atomic E-state index is -0.0525. The van der Waals surface area contributed by atoms with E-state index in [0.29, 0.717) is 12.0 Å². The van der Waals surface area contributed by atoms with Crippen LogP contribution >= 0.6 is 0 Å². The van der Waals surface area contributed by atoms with E-state index in [9.17, 15) is 0 Å². The fraction of sp³-hybridized carbons (Fsp3) is 1.00. The molecule has 3 heteroatoms. The molecule has 2 rings (SSSR count). The molecule has 70 valence electrons. The molecule has 0 radical (unpaired) electrons. The van der Waals surface area contributed by atoms with E-state index in [4.69, 9.17) is 14.2 Å². The highest BCUT2D eigenvalue weighted by atomic mass is 16.7. The van der Waals surface area contributed by atoms with Crippen LogP contribution in [0.4, 0.5) is 0 Å². The van der Waals surface area contributed by atoms with Crippen molar-refractivity contribution in [1.82, 2.24) is 0 Å². The zero-order valence-electron chi connectivity index (χ0n) is 7.66. The van der Waals surface area contributed by atoms with Crippen LogP contribution in [-0.4, -0.2) is 31.7 Å². The van der Waals surface area contributed by atoms with E-state index in [0.717, 1.165) is 19.6 Å². The summed E-state index contributed by atoms with van der Waals surface area (Å²) >= 11 is 0. The fourth-order valence-corrected chi connectivity index (χ4v) is 1.91. The maximum Gasteiger partial charge on any atom is 0.155 e. The van der Waals surface area contributed by atoms with Crippen molar-refractivity contribution in [2.75, 3.05) is 13.2 Å². The van der Waals surface area contributed by atoms with Gasteiger partial charge in [0.15, 0.2) is 6.29 Å². The second-order valence-electron chi connectivity index (χ2n) is 3.72. The van der Waals surface area contributed by atoms with Crippen molar-refractivity contribution in [3.8, 4) is 0 Å². The normalized spacial score (nSPS) is 48.5. The number of hydrogen-bond donors (Lipinski definition) is 0. The Kier molecular flexibility index (Phi) is 2.35. The van der Waals surface area contributed by atoms with Gasteiger partial charge in [-0.2, -0.15) is 0 Å². The van der Waals surface area contributed by atoms with Crippen molar-refractivity contribution in [1.29, 1.82) is 0 Å². The maximum atomic E-state index is 5.59.